The van der Waals surface area contributed by atoms with E-state index in [1.807, 2.05) is 0 Å². The molecule has 3 nitrogen and oxygen atoms in total. The number of hydrogen-bond acceptors (Lipinski definition) is 3. The fourth-order valence-corrected chi connectivity index (χ4v) is 2.54. The van der Waals surface area contributed by atoms with Crippen molar-refractivity contribution in [2.45, 2.75) is 39.5 Å². The van der Waals surface area contributed by atoms with Gasteiger partial charge in [0.15, 0.2) is 6.79 Å². The van der Waals surface area contributed by atoms with Crippen molar-refractivity contribution in [3.8, 4) is 0 Å². The van der Waals surface area contributed by atoms with Crippen LogP contribution in [0.5, 0.6) is 0 Å². The molecule has 1 aliphatic carbocycles. The van der Waals surface area contributed by atoms with Crippen LogP contribution in [-0.4, -0.2) is 19.9 Å². The van der Waals surface area contributed by atoms with Crippen LogP contribution in [0.4, 0.5) is 0 Å². The van der Waals surface area contributed by atoms with Crippen molar-refractivity contribution in [3.63, 3.8) is 0 Å². The van der Waals surface area contributed by atoms with Gasteiger partial charge in [0, 0.05) is 7.11 Å². The SMILES string of the molecule is CCC1CC(CC)C(C(=O)OCOC)C1. The van der Waals surface area contributed by atoms with E-state index in [2.05, 4.69) is 13.8 Å². The highest BCUT2D eigenvalue weighted by atomic mass is 16.7. The Hall–Kier alpha value is -0.570. The zero-order chi connectivity index (χ0) is 11.3. The van der Waals surface area contributed by atoms with Crippen molar-refractivity contribution in [1.82, 2.24) is 0 Å². The lowest BCUT2D eigenvalue weighted by Crippen LogP contribution is -2.22. The van der Waals surface area contributed by atoms with Gasteiger partial charge in [0.2, 0.25) is 0 Å². The van der Waals surface area contributed by atoms with E-state index in [0.717, 1.165) is 12.8 Å². The predicted octanol–water partition coefficient (Wildman–Crippen LogP) is 2.60. The van der Waals surface area contributed by atoms with Crippen LogP contribution in [0.3, 0.4) is 0 Å². The summed E-state index contributed by atoms with van der Waals surface area (Å²) in [6.07, 6.45) is 4.42. The third-order valence-electron chi connectivity index (χ3n) is 3.52. The highest BCUT2D eigenvalue weighted by Crippen LogP contribution is 2.40. The summed E-state index contributed by atoms with van der Waals surface area (Å²) < 4.78 is 9.79. The maximum Gasteiger partial charge on any atom is 0.311 e. The van der Waals surface area contributed by atoms with Crippen molar-refractivity contribution in [1.29, 1.82) is 0 Å². The van der Waals surface area contributed by atoms with Crippen LogP contribution in [0, 0.1) is 17.8 Å². The molecule has 1 saturated carbocycles. The van der Waals surface area contributed by atoms with Gasteiger partial charge < -0.3 is 9.47 Å². The molecule has 3 heteroatoms. The van der Waals surface area contributed by atoms with E-state index >= 15 is 0 Å². The van der Waals surface area contributed by atoms with Gasteiger partial charge in [-0.2, -0.15) is 0 Å². The largest absolute Gasteiger partial charge is 0.438 e. The van der Waals surface area contributed by atoms with Crippen molar-refractivity contribution in [2.24, 2.45) is 17.8 Å². The Labute approximate surface area is 92.1 Å². The molecule has 0 radical (unpaired) electrons. The molecule has 0 saturated heterocycles. The summed E-state index contributed by atoms with van der Waals surface area (Å²) >= 11 is 0. The molecule has 15 heavy (non-hydrogen) atoms. The number of methoxy groups -OCH3 is 1. The Morgan fingerprint density at radius 2 is 2.00 bits per heavy atom. The number of rotatable bonds is 5. The molecule has 0 aliphatic heterocycles. The molecule has 1 fully saturated rings. The van der Waals surface area contributed by atoms with Gasteiger partial charge in [0.1, 0.15) is 0 Å². The molecule has 1 aliphatic rings. The third kappa shape index (κ3) is 3.20. The highest BCUT2D eigenvalue weighted by molar-refractivity contribution is 5.73. The maximum absolute atomic E-state index is 11.7. The van der Waals surface area contributed by atoms with Gasteiger partial charge >= 0.3 is 5.97 Å². The Morgan fingerprint density at radius 1 is 1.27 bits per heavy atom. The quantitative estimate of drug-likeness (QED) is 0.521. The standard InChI is InChI=1S/C12H22O3/c1-4-9-6-10(5-2)11(7-9)12(13)15-8-14-3/h9-11H,4-8H2,1-3H3. The molecule has 88 valence electrons. The molecule has 0 heterocycles. The zero-order valence-corrected chi connectivity index (χ0v) is 9.99. The third-order valence-corrected chi connectivity index (χ3v) is 3.52. The molecule has 3 atom stereocenters. The van der Waals surface area contributed by atoms with Crippen LogP contribution in [0.25, 0.3) is 0 Å². The Kier molecular flexibility index (Phi) is 5.09. The summed E-state index contributed by atoms with van der Waals surface area (Å²) in [5, 5.41) is 0. The van der Waals surface area contributed by atoms with Crippen molar-refractivity contribution < 1.29 is 14.3 Å². The van der Waals surface area contributed by atoms with Gasteiger partial charge in [0.05, 0.1) is 5.92 Å². The van der Waals surface area contributed by atoms with E-state index < -0.39 is 0 Å². The molecule has 1 rings (SSSR count). The summed E-state index contributed by atoms with van der Waals surface area (Å²) in [5.74, 6) is 1.25. The number of hydrogen-bond donors (Lipinski definition) is 0. The van der Waals surface area contributed by atoms with Crippen LogP contribution in [0.15, 0.2) is 0 Å². The van der Waals surface area contributed by atoms with E-state index in [1.54, 1.807) is 0 Å². The van der Waals surface area contributed by atoms with E-state index in [-0.39, 0.29) is 18.7 Å². The average molecular weight is 214 g/mol. The topological polar surface area (TPSA) is 35.5 Å². The number of carbonyl (C=O) groups excluding carboxylic acids is 1. The molecule has 0 N–H and O–H groups in total. The molecule has 0 bridgehead atoms. The summed E-state index contributed by atoms with van der Waals surface area (Å²) in [6.45, 7) is 4.43. The molecule has 0 amide bonds. The Balaban J connectivity index is 2.48. The fourth-order valence-electron chi connectivity index (χ4n) is 2.54. The molecule has 3 unspecified atom stereocenters. The Morgan fingerprint density at radius 3 is 2.53 bits per heavy atom. The average Bonchev–Trinajstić information content (AvgIpc) is 2.69. The minimum absolute atomic E-state index is 0.0698. The lowest BCUT2D eigenvalue weighted by Gasteiger charge is -2.15. The zero-order valence-electron chi connectivity index (χ0n) is 9.99. The van der Waals surface area contributed by atoms with E-state index in [9.17, 15) is 4.79 Å². The van der Waals surface area contributed by atoms with Gasteiger partial charge in [-0.15, -0.1) is 0 Å². The summed E-state index contributed by atoms with van der Waals surface area (Å²) in [4.78, 5) is 11.7. The van der Waals surface area contributed by atoms with Crippen LogP contribution >= 0.6 is 0 Å². The lowest BCUT2D eigenvalue weighted by atomic mass is 9.94. The van der Waals surface area contributed by atoms with Crippen molar-refractivity contribution in [2.75, 3.05) is 13.9 Å². The lowest BCUT2D eigenvalue weighted by molar-refractivity contribution is -0.160. The van der Waals surface area contributed by atoms with Gasteiger partial charge in [-0.05, 0) is 24.7 Å². The first-order valence-electron chi connectivity index (χ1n) is 5.88. The van der Waals surface area contributed by atoms with E-state index in [4.69, 9.17) is 9.47 Å². The Bertz CT molecular complexity index is 203. The van der Waals surface area contributed by atoms with E-state index in [0.29, 0.717) is 11.8 Å². The number of esters is 1. The second-order valence-corrected chi connectivity index (χ2v) is 4.39. The monoisotopic (exact) mass is 214 g/mol. The summed E-state index contributed by atoms with van der Waals surface area (Å²) in [5.41, 5.74) is 0. The second kappa shape index (κ2) is 6.11. The first-order chi connectivity index (χ1) is 7.22. The summed E-state index contributed by atoms with van der Waals surface area (Å²) in [6, 6.07) is 0. The van der Waals surface area contributed by atoms with Crippen LogP contribution in [0.1, 0.15) is 39.5 Å². The highest BCUT2D eigenvalue weighted by Gasteiger charge is 2.37. The van der Waals surface area contributed by atoms with Crippen LogP contribution < -0.4 is 0 Å². The fraction of sp³-hybridized carbons (Fsp3) is 0.917. The smallest absolute Gasteiger partial charge is 0.311 e. The number of carbonyl (C=O) groups is 1. The molecule has 0 aromatic rings. The first-order valence-corrected chi connectivity index (χ1v) is 5.88. The first kappa shape index (κ1) is 12.5. The molecule has 0 aromatic carbocycles. The van der Waals surface area contributed by atoms with Crippen molar-refractivity contribution >= 4 is 5.97 Å². The van der Waals surface area contributed by atoms with Gasteiger partial charge in [0.25, 0.3) is 0 Å². The molecular weight excluding hydrogens is 192 g/mol. The normalized spacial score (nSPS) is 30.5. The van der Waals surface area contributed by atoms with Gasteiger partial charge in [-0.3, -0.25) is 4.79 Å². The van der Waals surface area contributed by atoms with Crippen LogP contribution in [-0.2, 0) is 14.3 Å². The summed E-state index contributed by atoms with van der Waals surface area (Å²) in [7, 11) is 1.54. The van der Waals surface area contributed by atoms with Crippen molar-refractivity contribution in [3.05, 3.63) is 0 Å². The minimum atomic E-state index is -0.0698. The van der Waals surface area contributed by atoms with Crippen LogP contribution in [0.2, 0.25) is 0 Å². The molecule has 0 aromatic heterocycles. The molecule has 0 spiro atoms. The molecular formula is C12H22O3. The minimum Gasteiger partial charge on any atom is -0.438 e. The van der Waals surface area contributed by atoms with E-state index in [1.165, 1.54) is 20.0 Å². The van der Waals surface area contributed by atoms with Gasteiger partial charge in [-0.25, -0.2) is 0 Å². The van der Waals surface area contributed by atoms with Gasteiger partial charge in [-0.1, -0.05) is 26.7 Å². The maximum atomic E-state index is 11.7. The number of ether oxygens (including phenoxy) is 2. The second-order valence-electron chi connectivity index (χ2n) is 4.39. The predicted molar refractivity (Wildman–Crippen MR) is 58.3 cm³/mol.